The van der Waals surface area contributed by atoms with Crippen LogP contribution in [-0.4, -0.2) is 16.4 Å². The van der Waals surface area contributed by atoms with Gasteiger partial charge in [-0.25, -0.2) is 0 Å². The van der Waals surface area contributed by atoms with Crippen molar-refractivity contribution in [3.05, 3.63) is 47.4 Å². The van der Waals surface area contributed by atoms with Crippen LogP contribution in [0.15, 0.2) is 41.8 Å². The van der Waals surface area contributed by atoms with Gasteiger partial charge < -0.3 is 4.43 Å². The van der Waals surface area contributed by atoms with Crippen molar-refractivity contribution < 1.29 is 4.43 Å². The van der Waals surface area contributed by atoms with E-state index in [-0.39, 0.29) is 0 Å². The predicted octanol–water partition coefficient (Wildman–Crippen LogP) is 7.64. The van der Waals surface area contributed by atoms with Crippen LogP contribution in [0.4, 0.5) is 0 Å². The highest BCUT2D eigenvalue weighted by atomic mass is 28.4. The van der Waals surface area contributed by atoms with Gasteiger partial charge in [0.05, 0.1) is 8.07 Å². The van der Waals surface area contributed by atoms with Gasteiger partial charge in [0.15, 0.2) is 0 Å². The van der Waals surface area contributed by atoms with Gasteiger partial charge >= 0.3 is 0 Å². The summed E-state index contributed by atoms with van der Waals surface area (Å²) in [5, 5.41) is 1.46. The normalized spacial score (nSPS) is 11.8. The highest BCUT2D eigenvalue weighted by Crippen LogP contribution is 2.35. The predicted molar refractivity (Wildman–Crippen MR) is 118 cm³/mol. The SMILES string of the molecule is CC[Si](CC)(CC)OC(C)=C=C(c1ccccc1)[Si](CC)(CC)CC. The Labute approximate surface area is 158 Å². The molecule has 0 spiro atoms. The lowest BCUT2D eigenvalue weighted by molar-refractivity contribution is 0.408. The van der Waals surface area contributed by atoms with E-state index in [0.29, 0.717) is 0 Å². The molecule has 0 aromatic heterocycles. The third-order valence-electron chi connectivity index (χ3n) is 6.23. The van der Waals surface area contributed by atoms with Crippen LogP contribution in [0.2, 0.25) is 36.3 Å². The second-order valence-corrected chi connectivity index (χ2v) is 17.0. The first-order chi connectivity index (χ1) is 12.0. The molecule has 0 aliphatic heterocycles. The van der Waals surface area contributed by atoms with Crippen molar-refractivity contribution in [1.82, 2.24) is 0 Å². The molecule has 0 saturated heterocycles. The van der Waals surface area contributed by atoms with Crippen molar-refractivity contribution in [3.63, 3.8) is 0 Å². The molecule has 0 aliphatic carbocycles. The summed E-state index contributed by atoms with van der Waals surface area (Å²) in [6.45, 7) is 16.1. The Hall–Kier alpha value is -1.03. The monoisotopic (exact) mass is 374 g/mol. The van der Waals surface area contributed by atoms with Crippen LogP contribution in [0.3, 0.4) is 0 Å². The molecule has 0 saturated carbocycles. The molecule has 0 N–H and O–H groups in total. The molecule has 0 fully saturated rings. The van der Waals surface area contributed by atoms with Gasteiger partial charge in [-0.2, -0.15) is 0 Å². The van der Waals surface area contributed by atoms with E-state index in [0.717, 1.165) is 5.76 Å². The van der Waals surface area contributed by atoms with E-state index in [4.69, 9.17) is 4.43 Å². The zero-order valence-corrected chi connectivity index (χ0v) is 19.5. The smallest absolute Gasteiger partial charge is 0.250 e. The Bertz CT molecular complexity index is 561. The molecule has 0 amide bonds. The molecule has 140 valence electrons. The summed E-state index contributed by atoms with van der Waals surface area (Å²) >= 11 is 0. The standard InChI is InChI=1S/C22H38OSi2/c1-8-24(9-2,10-3)22(21-17-15-14-16-18-21)19-20(7)23-25(11-4,12-5)13-6/h14-18H,8-13H2,1-7H3. The van der Waals surface area contributed by atoms with E-state index < -0.39 is 16.4 Å². The number of benzene rings is 1. The molecule has 0 radical (unpaired) electrons. The minimum atomic E-state index is -1.64. The summed E-state index contributed by atoms with van der Waals surface area (Å²) in [6, 6.07) is 18.2. The fraction of sp³-hybridized carbons (Fsp3) is 0.591. The van der Waals surface area contributed by atoms with Gasteiger partial charge in [-0.05, 0) is 35.8 Å². The lowest BCUT2D eigenvalue weighted by Gasteiger charge is -2.31. The first kappa shape index (κ1) is 22.0. The highest BCUT2D eigenvalue weighted by molar-refractivity contribution is 6.96. The van der Waals surface area contributed by atoms with Crippen LogP contribution in [-0.2, 0) is 4.43 Å². The van der Waals surface area contributed by atoms with Gasteiger partial charge in [-0.3, -0.25) is 0 Å². The van der Waals surface area contributed by atoms with Gasteiger partial charge in [0.2, 0.25) is 0 Å². The second kappa shape index (κ2) is 10.2. The summed E-state index contributed by atoms with van der Waals surface area (Å²) in [7, 11) is -3.17. The first-order valence-electron chi connectivity index (χ1n) is 10.2. The topological polar surface area (TPSA) is 9.23 Å². The van der Waals surface area contributed by atoms with Gasteiger partial charge in [0, 0.05) is 0 Å². The Morgan fingerprint density at radius 3 is 1.68 bits per heavy atom. The quantitative estimate of drug-likeness (QED) is 0.232. The lowest BCUT2D eigenvalue weighted by Crippen LogP contribution is -2.35. The average molecular weight is 375 g/mol. The zero-order valence-electron chi connectivity index (χ0n) is 17.5. The van der Waals surface area contributed by atoms with E-state index in [1.54, 1.807) is 0 Å². The third-order valence-corrected chi connectivity index (χ3v) is 16.4. The molecule has 1 aromatic rings. The summed E-state index contributed by atoms with van der Waals surface area (Å²) in [6.07, 6.45) is 0. The second-order valence-electron chi connectivity index (χ2n) is 7.11. The van der Waals surface area contributed by atoms with Crippen LogP contribution >= 0.6 is 0 Å². The maximum absolute atomic E-state index is 6.61. The van der Waals surface area contributed by atoms with Gasteiger partial charge in [0.25, 0.3) is 8.32 Å². The Balaban J connectivity index is 3.52. The van der Waals surface area contributed by atoms with Crippen LogP contribution in [0.25, 0.3) is 5.20 Å². The fourth-order valence-corrected chi connectivity index (χ4v) is 10.3. The Kier molecular flexibility index (Phi) is 8.98. The summed E-state index contributed by atoms with van der Waals surface area (Å²) in [5.41, 5.74) is 5.14. The zero-order chi connectivity index (χ0) is 18.9. The van der Waals surface area contributed by atoms with Gasteiger partial charge in [0.1, 0.15) is 5.76 Å². The fourth-order valence-electron chi connectivity index (χ4n) is 3.89. The molecule has 1 aromatic carbocycles. The molecule has 0 aliphatic rings. The third kappa shape index (κ3) is 5.23. The molecule has 3 heteroatoms. The van der Waals surface area contributed by atoms with E-state index >= 15 is 0 Å². The van der Waals surface area contributed by atoms with Crippen LogP contribution in [0, 0.1) is 0 Å². The average Bonchev–Trinajstić information content (AvgIpc) is 2.67. The van der Waals surface area contributed by atoms with E-state index in [1.165, 1.54) is 47.0 Å². The number of hydrogen-bond acceptors (Lipinski definition) is 1. The largest absolute Gasteiger partial charge is 0.541 e. The molecule has 25 heavy (non-hydrogen) atoms. The summed E-state index contributed by atoms with van der Waals surface area (Å²) in [5.74, 6) is 1.02. The summed E-state index contributed by atoms with van der Waals surface area (Å²) in [4.78, 5) is 0. The molecule has 0 unspecified atom stereocenters. The van der Waals surface area contributed by atoms with Crippen molar-refractivity contribution in [1.29, 1.82) is 0 Å². The van der Waals surface area contributed by atoms with E-state index in [1.807, 2.05) is 0 Å². The highest BCUT2D eigenvalue weighted by Gasteiger charge is 2.34. The van der Waals surface area contributed by atoms with Crippen LogP contribution < -0.4 is 0 Å². The minimum Gasteiger partial charge on any atom is -0.541 e. The number of allylic oxidation sites excluding steroid dienone is 1. The first-order valence-corrected chi connectivity index (χ1v) is 15.3. The maximum Gasteiger partial charge on any atom is 0.250 e. The maximum atomic E-state index is 6.61. The molecule has 0 bridgehead atoms. The van der Waals surface area contributed by atoms with Gasteiger partial charge in [-0.1, -0.05) is 95.7 Å². The molecular weight excluding hydrogens is 336 g/mol. The minimum absolute atomic E-state index is 1.02. The van der Waals surface area contributed by atoms with Crippen LogP contribution in [0.5, 0.6) is 0 Å². The van der Waals surface area contributed by atoms with Crippen molar-refractivity contribution >= 4 is 21.6 Å². The van der Waals surface area contributed by atoms with Crippen LogP contribution in [0.1, 0.15) is 54.0 Å². The lowest BCUT2D eigenvalue weighted by atomic mass is 10.2. The van der Waals surface area contributed by atoms with E-state index in [2.05, 4.69) is 84.5 Å². The molecule has 1 nitrogen and oxygen atoms in total. The number of rotatable bonds is 10. The molecule has 1 rings (SSSR count). The summed E-state index contributed by atoms with van der Waals surface area (Å²) < 4.78 is 6.61. The Morgan fingerprint density at radius 2 is 1.28 bits per heavy atom. The van der Waals surface area contributed by atoms with Gasteiger partial charge in [-0.15, -0.1) is 0 Å². The van der Waals surface area contributed by atoms with Crippen molar-refractivity contribution in [2.45, 2.75) is 84.7 Å². The molecule has 0 atom stereocenters. The number of hydrogen-bond donors (Lipinski definition) is 0. The van der Waals surface area contributed by atoms with Crippen molar-refractivity contribution in [3.8, 4) is 0 Å². The molecule has 0 heterocycles. The molecular formula is C22H38OSi2. The van der Waals surface area contributed by atoms with E-state index in [9.17, 15) is 0 Å². The van der Waals surface area contributed by atoms with Crippen molar-refractivity contribution in [2.24, 2.45) is 0 Å². The Morgan fingerprint density at radius 1 is 0.800 bits per heavy atom. The van der Waals surface area contributed by atoms with Crippen molar-refractivity contribution in [2.75, 3.05) is 0 Å².